The van der Waals surface area contributed by atoms with Crippen LogP contribution in [-0.4, -0.2) is 15.8 Å². The number of benzene rings is 7. The molecule has 2 nitrogen and oxygen atoms in total. The number of hydrogen-bond donors (Lipinski definition) is 0. The summed E-state index contributed by atoms with van der Waals surface area (Å²) in [6, 6.07) is 61.7. The van der Waals surface area contributed by atoms with Crippen LogP contribution in [0.3, 0.4) is 0 Å². The molecule has 9 aromatic rings. The van der Waals surface area contributed by atoms with Gasteiger partial charge in [-0.25, -0.2) is 0 Å². The van der Waals surface area contributed by atoms with Gasteiger partial charge in [0.1, 0.15) is 0 Å². The van der Waals surface area contributed by atoms with Crippen molar-refractivity contribution in [1.82, 2.24) is 9.13 Å². The topological polar surface area (TPSA) is 9.86 Å². The Bertz CT molecular complexity index is 2420. The molecule has 0 spiro atoms. The lowest BCUT2D eigenvalue weighted by Gasteiger charge is -2.16. The van der Waals surface area contributed by atoms with E-state index in [2.05, 4.69) is 185 Å². The van der Waals surface area contributed by atoms with E-state index in [1.54, 1.807) is 0 Å². The smallest absolute Gasteiger partial charge is 0.241 e. The van der Waals surface area contributed by atoms with Crippen LogP contribution in [0, 0.1) is 0 Å². The van der Waals surface area contributed by atoms with Crippen molar-refractivity contribution in [2.45, 2.75) is 0 Å². The van der Waals surface area contributed by atoms with Crippen molar-refractivity contribution in [2.24, 2.45) is 0 Å². The van der Waals surface area contributed by atoms with Crippen LogP contribution < -0.4 is 16.4 Å². The number of rotatable bonds is 5. The molecule has 0 aliphatic carbocycles. The monoisotopic (exact) mass is 572 g/mol. The van der Waals surface area contributed by atoms with Crippen molar-refractivity contribution >= 4 is 66.6 Å². The summed E-state index contributed by atoms with van der Waals surface area (Å²) in [5.74, 6) is 0. The van der Waals surface area contributed by atoms with Gasteiger partial charge in [-0.1, -0.05) is 132 Å². The lowest BCUT2D eigenvalue weighted by atomic mass is 9.37. The van der Waals surface area contributed by atoms with E-state index in [1.165, 1.54) is 71.2 Å². The van der Waals surface area contributed by atoms with E-state index >= 15 is 0 Å². The highest BCUT2D eigenvalue weighted by Gasteiger charge is 2.22. The average Bonchev–Trinajstić information content (AvgIpc) is 3.69. The SMILES string of the molecule is c1ccc(B(c2ccccc2)c2ccc(-n3c4ccccc4c4cc5ccc6c(ccn6-c6ccccc6)c5cc43)cc2)cc1. The second-order valence-corrected chi connectivity index (χ2v) is 11.8. The normalized spacial score (nSPS) is 11.6. The van der Waals surface area contributed by atoms with Crippen LogP contribution in [0.25, 0.3) is 54.9 Å². The summed E-state index contributed by atoms with van der Waals surface area (Å²) < 4.78 is 4.71. The molecule has 0 N–H and O–H groups in total. The lowest BCUT2D eigenvalue weighted by molar-refractivity contribution is 1.13. The zero-order valence-corrected chi connectivity index (χ0v) is 24.7. The molecule has 3 heteroatoms. The third kappa shape index (κ3) is 4.20. The highest BCUT2D eigenvalue weighted by atomic mass is 15.0. The molecule has 0 saturated heterocycles. The first kappa shape index (κ1) is 25.7. The molecule has 9 rings (SSSR count). The molecule has 0 saturated carbocycles. The lowest BCUT2D eigenvalue weighted by Crippen LogP contribution is -2.51. The van der Waals surface area contributed by atoms with Crippen LogP contribution in [0.1, 0.15) is 0 Å². The van der Waals surface area contributed by atoms with Crippen molar-refractivity contribution in [2.75, 3.05) is 0 Å². The predicted molar refractivity (Wildman–Crippen MR) is 193 cm³/mol. The molecule has 0 fully saturated rings. The molecule has 7 aromatic carbocycles. The summed E-state index contributed by atoms with van der Waals surface area (Å²) in [7, 11) is 0. The Labute approximate surface area is 262 Å². The standard InChI is InChI=1S/C42H29BN2/c1-4-12-31(13-5-1)43(32-14-6-2-7-15-32)33-21-23-35(24-22-33)45-41-19-11-10-18-36(41)39-28-30-20-25-40-37(38(30)29-42(39)45)26-27-44(40)34-16-8-3-9-17-34/h1-29H. The Hall–Kier alpha value is -5.80. The van der Waals surface area contributed by atoms with Gasteiger partial charge in [0.2, 0.25) is 6.71 Å². The van der Waals surface area contributed by atoms with Crippen molar-refractivity contribution in [3.05, 3.63) is 176 Å². The summed E-state index contributed by atoms with van der Waals surface area (Å²) in [5, 5.41) is 6.33. The van der Waals surface area contributed by atoms with Crippen LogP contribution in [-0.2, 0) is 0 Å². The van der Waals surface area contributed by atoms with Crippen molar-refractivity contribution in [3.63, 3.8) is 0 Å². The van der Waals surface area contributed by atoms with E-state index < -0.39 is 0 Å². The highest BCUT2D eigenvalue weighted by molar-refractivity contribution is 6.95. The van der Waals surface area contributed by atoms with E-state index in [0.717, 1.165) is 0 Å². The minimum absolute atomic E-state index is 0.172. The average molecular weight is 573 g/mol. The van der Waals surface area contributed by atoms with Crippen LogP contribution in [0.5, 0.6) is 0 Å². The minimum Gasteiger partial charge on any atom is -0.317 e. The van der Waals surface area contributed by atoms with Gasteiger partial charge in [0.15, 0.2) is 0 Å². The molecule has 2 heterocycles. The number of nitrogens with zero attached hydrogens (tertiary/aromatic N) is 2. The zero-order chi connectivity index (χ0) is 29.7. The summed E-state index contributed by atoms with van der Waals surface area (Å²) in [6.07, 6.45) is 2.19. The van der Waals surface area contributed by atoms with Gasteiger partial charge in [-0.3, -0.25) is 0 Å². The summed E-state index contributed by atoms with van der Waals surface area (Å²) in [6.45, 7) is 0.172. The molecule has 0 radical (unpaired) electrons. The van der Waals surface area contributed by atoms with Crippen molar-refractivity contribution < 1.29 is 0 Å². The fraction of sp³-hybridized carbons (Fsp3) is 0. The molecular weight excluding hydrogens is 543 g/mol. The fourth-order valence-electron chi connectivity index (χ4n) is 7.19. The van der Waals surface area contributed by atoms with Crippen LogP contribution >= 0.6 is 0 Å². The van der Waals surface area contributed by atoms with Gasteiger partial charge >= 0.3 is 0 Å². The molecule has 0 aliphatic rings. The zero-order valence-electron chi connectivity index (χ0n) is 24.7. The number of hydrogen-bond acceptors (Lipinski definition) is 0. The van der Waals surface area contributed by atoms with E-state index in [1.807, 2.05) is 0 Å². The van der Waals surface area contributed by atoms with Gasteiger partial charge in [0.25, 0.3) is 0 Å². The van der Waals surface area contributed by atoms with E-state index in [9.17, 15) is 0 Å². The maximum absolute atomic E-state index is 2.43. The number of aromatic nitrogens is 2. The maximum atomic E-state index is 2.43. The molecular formula is C42H29BN2. The largest absolute Gasteiger partial charge is 0.317 e. The number of para-hydroxylation sites is 2. The van der Waals surface area contributed by atoms with Crippen LogP contribution in [0.2, 0.25) is 0 Å². The van der Waals surface area contributed by atoms with E-state index in [-0.39, 0.29) is 6.71 Å². The molecule has 0 bridgehead atoms. The summed E-state index contributed by atoms with van der Waals surface area (Å²) in [4.78, 5) is 0. The first-order chi connectivity index (χ1) is 22.3. The van der Waals surface area contributed by atoms with Crippen molar-refractivity contribution in [3.8, 4) is 11.4 Å². The second-order valence-electron chi connectivity index (χ2n) is 11.8. The number of fused-ring (bicyclic) bond motifs is 6. The maximum Gasteiger partial charge on any atom is 0.241 e. The highest BCUT2D eigenvalue weighted by Crippen LogP contribution is 2.37. The molecule has 0 aliphatic heterocycles. The molecule has 210 valence electrons. The van der Waals surface area contributed by atoms with Gasteiger partial charge in [-0.2, -0.15) is 0 Å². The fourth-order valence-corrected chi connectivity index (χ4v) is 7.19. The van der Waals surface area contributed by atoms with Gasteiger partial charge in [-0.05, 0) is 65.4 Å². The summed E-state index contributed by atoms with van der Waals surface area (Å²) in [5.41, 5.74) is 9.87. The van der Waals surface area contributed by atoms with Gasteiger partial charge < -0.3 is 9.13 Å². The first-order valence-corrected chi connectivity index (χ1v) is 15.6. The Morgan fingerprint density at radius 1 is 0.356 bits per heavy atom. The van der Waals surface area contributed by atoms with Gasteiger partial charge in [0.05, 0.1) is 16.6 Å². The quantitative estimate of drug-likeness (QED) is 0.183. The molecule has 45 heavy (non-hydrogen) atoms. The Kier molecular flexibility index (Phi) is 5.95. The van der Waals surface area contributed by atoms with Crippen LogP contribution in [0.15, 0.2) is 176 Å². The van der Waals surface area contributed by atoms with Crippen molar-refractivity contribution in [1.29, 1.82) is 0 Å². The summed E-state index contributed by atoms with van der Waals surface area (Å²) >= 11 is 0. The molecule has 0 unspecified atom stereocenters. The first-order valence-electron chi connectivity index (χ1n) is 15.6. The third-order valence-electron chi connectivity index (χ3n) is 9.27. The predicted octanol–water partition coefficient (Wildman–Crippen LogP) is 8.40. The van der Waals surface area contributed by atoms with Crippen LogP contribution in [0.4, 0.5) is 0 Å². The van der Waals surface area contributed by atoms with Gasteiger partial charge in [-0.15, -0.1) is 0 Å². The second kappa shape index (κ2) is 10.4. The van der Waals surface area contributed by atoms with E-state index in [0.29, 0.717) is 0 Å². The molecule has 0 atom stereocenters. The van der Waals surface area contributed by atoms with Gasteiger partial charge in [0, 0.05) is 33.7 Å². The Morgan fingerprint density at radius 3 is 1.67 bits per heavy atom. The Morgan fingerprint density at radius 2 is 0.956 bits per heavy atom. The molecule has 2 aromatic heterocycles. The Balaban J connectivity index is 1.23. The third-order valence-corrected chi connectivity index (χ3v) is 9.27. The minimum atomic E-state index is 0.172. The van der Waals surface area contributed by atoms with E-state index in [4.69, 9.17) is 0 Å². The molecule has 0 amide bonds.